The predicted molar refractivity (Wildman–Crippen MR) is 86.9 cm³/mol. The zero-order valence-corrected chi connectivity index (χ0v) is 13.1. The van der Waals surface area contributed by atoms with Gasteiger partial charge in [-0.2, -0.15) is 0 Å². The molecular weight excluding hydrogens is 268 g/mol. The van der Waals surface area contributed by atoms with E-state index in [0.717, 1.165) is 32.4 Å². The van der Waals surface area contributed by atoms with Gasteiger partial charge in [0.05, 0.1) is 12.1 Å². The molecule has 1 aliphatic heterocycles. The number of hydrogen-bond donors (Lipinski definition) is 2. The van der Waals surface area contributed by atoms with E-state index in [-0.39, 0.29) is 6.04 Å². The second-order valence-corrected chi connectivity index (χ2v) is 5.77. The van der Waals surface area contributed by atoms with Crippen LogP contribution in [0.25, 0.3) is 0 Å². The monoisotopic (exact) mass is 292 g/mol. The molecule has 0 spiro atoms. The lowest BCUT2D eigenvalue weighted by atomic mass is 10.0. The number of benzene rings is 1. The van der Waals surface area contributed by atoms with Crippen LogP contribution < -0.4 is 10.6 Å². The molecule has 1 heterocycles. The lowest BCUT2D eigenvalue weighted by Gasteiger charge is -2.21. The van der Waals surface area contributed by atoms with Gasteiger partial charge < -0.3 is 15.4 Å². The van der Waals surface area contributed by atoms with Crippen LogP contribution in [0.5, 0.6) is 0 Å². The molecule has 4 heteroatoms. The third-order valence-corrected chi connectivity index (χ3v) is 3.97. The fourth-order valence-electron chi connectivity index (χ4n) is 2.44. The lowest BCUT2D eigenvalue weighted by molar-refractivity contribution is 0.114. The number of thiocarbonyl (C=S) groups is 1. The smallest absolute Gasteiger partial charge is 0.166 e. The molecule has 0 aromatic heterocycles. The van der Waals surface area contributed by atoms with Crippen molar-refractivity contribution in [3.05, 3.63) is 35.4 Å². The van der Waals surface area contributed by atoms with Crippen LogP contribution in [0.4, 0.5) is 0 Å². The minimum absolute atomic E-state index is 0.264. The maximum absolute atomic E-state index is 5.58. The van der Waals surface area contributed by atoms with Gasteiger partial charge in [-0.1, -0.05) is 36.8 Å². The zero-order valence-electron chi connectivity index (χ0n) is 12.3. The number of rotatable bonds is 5. The predicted octanol–water partition coefficient (Wildman–Crippen LogP) is 3.09. The molecule has 2 unspecified atom stereocenters. The Labute approximate surface area is 127 Å². The molecule has 0 aliphatic carbocycles. The molecule has 3 nitrogen and oxygen atoms in total. The van der Waals surface area contributed by atoms with Crippen molar-refractivity contribution < 1.29 is 4.74 Å². The van der Waals surface area contributed by atoms with Crippen molar-refractivity contribution in [1.29, 1.82) is 0 Å². The van der Waals surface area contributed by atoms with E-state index in [4.69, 9.17) is 17.0 Å². The van der Waals surface area contributed by atoms with Crippen molar-refractivity contribution >= 4 is 17.3 Å². The van der Waals surface area contributed by atoms with Gasteiger partial charge >= 0.3 is 0 Å². The van der Waals surface area contributed by atoms with Crippen LogP contribution in [0.2, 0.25) is 0 Å². The third kappa shape index (κ3) is 4.46. The van der Waals surface area contributed by atoms with Gasteiger partial charge in [-0.3, -0.25) is 0 Å². The van der Waals surface area contributed by atoms with Crippen molar-refractivity contribution in [2.75, 3.05) is 13.2 Å². The Balaban J connectivity index is 1.82. The Kier molecular flexibility index (Phi) is 5.80. The highest BCUT2D eigenvalue weighted by Gasteiger charge is 2.16. The maximum Gasteiger partial charge on any atom is 0.166 e. The minimum atomic E-state index is 0.264. The molecular formula is C16H24N2OS. The van der Waals surface area contributed by atoms with Gasteiger partial charge in [0.2, 0.25) is 0 Å². The summed E-state index contributed by atoms with van der Waals surface area (Å²) in [5.41, 5.74) is 2.56. The van der Waals surface area contributed by atoms with Crippen molar-refractivity contribution in [1.82, 2.24) is 10.6 Å². The summed E-state index contributed by atoms with van der Waals surface area (Å²) in [5.74, 6) is 0. The summed E-state index contributed by atoms with van der Waals surface area (Å²) in [6.07, 6.45) is 3.61. The Morgan fingerprint density at radius 1 is 1.40 bits per heavy atom. The average molecular weight is 292 g/mol. The summed E-state index contributed by atoms with van der Waals surface area (Å²) in [6, 6.07) is 8.88. The van der Waals surface area contributed by atoms with Crippen molar-refractivity contribution in [3.8, 4) is 0 Å². The van der Waals surface area contributed by atoms with Gasteiger partial charge in [0, 0.05) is 13.2 Å². The topological polar surface area (TPSA) is 33.3 Å². The van der Waals surface area contributed by atoms with Gasteiger partial charge in [0.1, 0.15) is 0 Å². The van der Waals surface area contributed by atoms with Crippen LogP contribution in [-0.4, -0.2) is 24.4 Å². The van der Waals surface area contributed by atoms with Crippen LogP contribution in [0, 0.1) is 6.92 Å². The third-order valence-electron chi connectivity index (χ3n) is 3.71. The molecule has 2 atom stereocenters. The Bertz CT molecular complexity index is 427. The first-order valence-electron chi connectivity index (χ1n) is 7.41. The molecule has 1 fully saturated rings. The van der Waals surface area contributed by atoms with E-state index in [1.165, 1.54) is 11.1 Å². The molecule has 1 aromatic rings. The number of hydrogen-bond acceptors (Lipinski definition) is 2. The van der Waals surface area contributed by atoms with Crippen LogP contribution >= 0.6 is 12.2 Å². The molecule has 0 saturated carbocycles. The first-order chi connectivity index (χ1) is 9.69. The zero-order chi connectivity index (χ0) is 14.4. The van der Waals surface area contributed by atoms with E-state index in [0.29, 0.717) is 11.2 Å². The van der Waals surface area contributed by atoms with Crippen LogP contribution in [0.15, 0.2) is 24.3 Å². The molecule has 110 valence electrons. The standard InChI is InChI=1S/C16H24N2OS/c1-3-15(13-8-6-12(2)7-9-13)18-16(20)17-11-14-5-4-10-19-14/h6-9,14-15H,3-5,10-11H2,1-2H3,(H2,17,18,20). The molecule has 0 bridgehead atoms. The quantitative estimate of drug-likeness (QED) is 0.817. The van der Waals surface area contributed by atoms with E-state index >= 15 is 0 Å². The summed E-state index contributed by atoms with van der Waals surface area (Å²) in [5, 5.41) is 7.37. The SMILES string of the molecule is CCC(NC(=S)NCC1CCCO1)c1ccc(C)cc1. The molecule has 0 radical (unpaired) electrons. The Hall–Kier alpha value is -1.13. The van der Waals surface area contributed by atoms with Gasteiger partial charge in [0.15, 0.2) is 5.11 Å². The van der Waals surface area contributed by atoms with E-state index in [2.05, 4.69) is 48.7 Å². The molecule has 1 aliphatic rings. The number of ether oxygens (including phenoxy) is 1. The summed E-state index contributed by atoms with van der Waals surface area (Å²) >= 11 is 5.38. The van der Waals surface area contributed by atoms with E-state index < -0.39 is 0 Å². The average Bonchev–Trinajstić information content (AvgIpc) is 2.97. The molecule has 2 N–H and O–H groups in total. The first-order valence-corrected chi connectivity index (χ1v) is 7.82. The number of aryl methyl sites for hydroxylation is 1. The maximum atomic E-state index is 5.58. The highest BCUT2D eigenvalue weighted by Crippen LogP contribution is 2.17. The van der Waals surface area contributed by atoms with Gasteiger partial charge in [0.25, 0.3) is 0 Å². The van der Waals surface area contributed by atoms with Crippen LogP contribution in [0.3, 0.4) is 0 Å². The summed E-state index contributed by atoms with van der Waals surface area (Å²) in [4.78, 5) is 0. The van der Waals surface area contributed by atoms with E-state index in [9.17, 15) is 0 Å². The Morgan fingerprint density at radius 3 is 2.75 bits per heavy atom. The molecule has 1 aromatic carbocycles. The lowest BCUT2D eigenvalue weighted by Crippen LogP contribution is -2.41. The molecule has 1 saturated heterocycles. The normalized spacial score (nSPS) is 19.6. The van der Waals surface area contributed by atoms with Gasteiger partial charge in [-0.25, -0.2) is 0 Å². The van der Waals surface area contributed by atoms with Crippen LogP contribution in [-0.2, 0) is 4.74 Å². The molecule has 2 rings (SSSR count). The summed E-state index contributed by atoms with van der Waals surface area (Å²) in [7, 11) is 0. The van der Waals surface area contributed by atoms with E-state index in [1.807, 2.05) is 0 Å². The second kappa shape index (κ2) is 7.60. The summed E-state index contributed by atoms with van der Waals surface area (Å²) < 4.78 is 5.58. The molecule has 0 amide bonds. The fraction of sp³-hybridized carbons (Fsp3) is 0.562. The minimum Gasteiger partial charge on any atom is -0.376 e. The van der Waals surface area contributed by atoms with Crippen molar-refractivity contribution in [2.24, 2.45) is 0 Å². The van der Waals surface area contributed by atoms with E-state index in [1.54, 1.807) is 0 Å². The van der Waals surface area contributed by atoms with Gasteiger partial charge in [-0.15, -0.1) is 0 Å². The molecule has 20 heavy (non-hydrogen) atoms. The number of nitrogens with one attached hydrogen (secondary N) is 2. The van der Waals surface area contributed by atoms with Crippen molar-refractivity contribution in [2.45, 2.75) is 45.3 Å². The van der Waals surface area contributed by atoms with Crippen molar-refractivity contribution in [3.63, 3.8) is 0 Å². The second-order valence-electron chi connectivity index (χ2n) is 5.36. The Morgan fingerprint density at radius 2 is 2.15 bits per heavy atom. The fourth-order valence-corrected chi connectivity index (χ4v) is 2.67. The van der Waals surface area contributed by atoms with Crippen LogP contribution in [0.1, 0.15) is 43.4 Å². The summed E-state index contributed by atoms with van der Waals surface area (Å²) in [6.45, 7) is 5.95. The van der Waals surface area contributed by atoms with Gasteiger partial charge in [-0.05, 0) is 44.0 Å². The first kappa shape index (κ1) is 15.3. The highest BCUT2D eigenvalue weighted by atomic mass is 32.1. The largest absolute Gasteiger partial charge is 0.376 e. The highest BCUT2D eigenvalue weighted by molar-refractivity contribution is 7.80.